The van der Waals surface area contributed by atoms with Crippen molar-refractivity contribution < 1.29 is 14.2 Å². The van der Waals surface area contributed by atoms with E-state index >= 15 is 0 Å². The van der Waals surface area contributed by atoms with E-state index in [1.807, 2.05) is 36.4 Å². The molecule has 26 heavy (non-hydrogen) atoms. The molecule has 4 heteroatoms. The first-order valence-electron chi connectivity index (χ1n) is 9.53. The van der Waals surface area contributed by atoms with Gasteiger partial charge in [-0.05, 0) is 42.5 Å². The van der Waals surface area contributed by atoms with Crippen molar-refractivity contribution in [1.29, 1.82) is 0 Å². The molecule has 0 saturated carbocycles. The van der Waals surface area contributed by atoms with Gasteiger partial charge in [-0.2, -0.15) is 0 Å². The first kappa shape index (κ1) is 18.6. The Balaban J connectivity index is 1.49. The summed E-state index contributed by atoms with van der Waals surface area (Å²) in [5.41, 5.74) is 2.24. The van der Waals surface area contributed by atoms with Crippen LogP contribution in [-0.2, 0) is 4.74 Å². The third-order valence-corrected chi connectivity index (χ3v) is 4.55. The van der Waals surface area contributed by atoms with Gasteiger partial charge in [-0.25, -0.2) is 0 Å². The van der Waals surface area contributed by atoms with Gasteiger partial charge >= 0.3 is 0 Å². The number of para-hydroxylation sites is 3. The lowest BCUT2D eigenvalue weighted by molar-refractivity contribution is 0.0682. The molecule has 4 nitrogen and oxygen atoms in total. The summed E-state index contributed by atoms with van der Waals surface area (Å²) in [6.45, 7) is 7.14. The fourth-order valence-electron chi connectivity index (χ4n) is 3.13. The quantitative estimate of drug-likeness (QED) is 0.652. The topological polar surface area (TPSA) is 39.7 Å². The van der Waals surface area contributed by atoms with Crippen molar-refractivity contribution in [3.63, 3.8) is 0 Å². The zero-order chi connectivity index (χ0) is 18.2. The van der Waals surface area contributed by atoms with E-state index in [-0.39, 0.29) is 6.10 Å². The van der Waals surface area contributed by atoms with Gasteiger partial charge in [-0.3, -0.25) is 0 Å². The van der Waals surface area contributed by atoms with Crippen LogP contribution in [0.25, 0.3) is 0 Å². The van der Waals surface area contributed by atoms with Gasteiger partial charge in [0.2, 0.25) is 0 Å². The Morgan fingerprint density at radius 1 is 1.04 bits per heavy atom. The molecule has 2 aromatic rings. The lowest BCUT2D eigenvalue weighted by Gasteiger charge is -2.17. The van der Waals surface area contributed by atoms with Crippen molar-refractivity contribution in [2.24, 2.45) is 0 Å². The molecule has 1 N–H and O–H groups in total. The van der Waals surface area contributed by atoms with Crippen molar-refractivity contribution in [1.82, 2.24) is 0 Å². The van der Waals surface area contributed by atoms with E-state index < -0.39 is 0 Å². The highest BCUT2D eigenvalue weighted by Gasteiger charge is 2.16. The molecule has 0 bridgehead atoms. The van der Waals surface area contributed by atoms with E-state index in [0.717, 1.165) is 36.6 Å². The molecule has 1 aliphatic rings. The highest BCUT2D eigenvalue weighted by atomic mass is 16.5. The van der Waals surface area contributed by atoms with E-state index in [2.05, 4.69) is 31.3 Å². The maximum atomic E-state index is 5.98. The fourth-order valence-corrected chi connectivity index (χ4v) is 3.13. The van der Waals surface area contributed by atoms with Gasteiger partial charge < -0.3 is 19.5 Å². The molecular formula is C22H29NO3. The zero-order valence-electron chi connectivity index (χ0n) is 15.7. The molecule has 1 saturated heterocycles. The van der Waals surface area contributed by atoms with E-state index in [4.69, 9.17) is 14.2 Å². The normalized spacial score (nSPS) is 16.7. The molecule has 1 heterocycles. The van der Waals surface area contributed by atoms with Crippen LogP contribution >= 0.6 is 0 Å². The van der Waals surface area contributed by atoms with Crippen molar-refractivity contribution in [3.05, 3.63) is 54.1 Å². The molecule has 140 valence electrons. The van der Waals surface area contributed by atoms with Crippen LogP contribution in [0.5, 0.6) is 11.5 Å². The van der Waals surface area contributed by atoms with Crippen molar-refractivity contribution in [3.8, 4) is 11.5 Å². The number of nitrogens with one attached hydrogen (secondary N) is 1. The number of hydrogen-bond donors (Lipinski definition) is 1. The van der Waals surface area contributed by atoms with Crippen LogP contribution in [0.1, 0.15) is 38.2 Å². The smallest absolute Gasteiger partial charge is 0.142 e. The number of anilines is 1. The molecule has 1 aliphatic heterocycles. The van der Waals surface area contributed by atoms with Crippen molar-refractivity contribution >= 4 is 5.69 Å². The average molecular weight is 355 g/mol. The third-order valence-electron chi connectivity index (χ3n) is 4.55. The van der Waals surface area contributed by atoms with Crippen LogP contribution in [0.15, 0.2) is 48.5 Å². The molecule has 1 atom stereocenters. The summed E-state index contributed by atoms with van der Waals surface area (Å²) in [5.74, 6) is 2.28. The Kier molecular flexibility index (Phi) is 6.78. The van der Waals surface area contributed by atoms with Crippen molar-refractivity contribution in [2.75, 3.05) is 31.7 Å². The van der Waals surface area contributed by atoms with Gasteiger partial charge in [0, 0.05) is 13.2 Å². The van der Waals surface area contributed by atoms with E-state index in [1.165, 1.54) is 5.56 Å². The predicted molar refractivity (Wildman–Crippen MR) is 105 cm³/mol. The minimum atomic E-state index is 0.221. The van der Waals surface area contributed by atoms with Gasteiger partial charge in [0.15, 0.2) is 0 Å². The summed E-state index contributed by atoms with van der Waals surface area (Å²) < 4.78 is 17.6. The number of rotatable bonds is 9. The molecule has 0 amide bonds. The number of benzene rings is 2. The van der Waals surface area contributed by atoms with E-state index in [1.54, 1.807) is 0 Å². The van der Waals surface area contributed by atoms with Crippen LogP contribution in [0.4, 0.5) is 5.69 Å². The Hall–Kier alpha value is -2.20. The zero-order valence-corrected chi connectivity index (χ0v) is 15.7. The highest BCUT2D eigenvalue weighted by Crippen LogP contribution is 2.27. The maximum Gasteiger partial charge on any atom is 0.142 e. The van der Waals surface area contributed by atoms with Crippen LogP contribution < -0.4 is 14.8 Å². The van der Waals surface area contributed by atoms with Crippen LogP contribution in [0.2, 0.25) is 0 Å². The Morgan fingerprint density at radius 2 is 1.81 bits per heavy atom. The van der Waals surface area contributed by atoms with Crippen LogP contribution in [0.3, 0.4) is 0 Å². The Morgan fingerprint density at radius 3 is 2.58 bits per heavy atom. The largest absolute Gasteiger partial charge is 0.491 e. The molecule has 0 aliphatic carbocycles. The second kappa shape index (κ2) is 9.48. The van der Waals surface area contributed by atoms with Gasteiger partial charge in [0.1, 0.15) is 24.7 Å². The van der Waals surface area contributed by atoms with Crippen LogP contribution in [0, 0.1) is 0 Å². The SMILES string of the molecule is CC(C)c1ccccc1OCCNc1ccccc1OCC1CCCO1. The first-order valence-corrected chi connectivity index (χ1v) is 9.53. The monoisotopic (exact) mass is 355 g/mol. The maximum absolute atomic E-state index is 5.98. The lowest BCUT2D eigenvalue weighted by atomic mass is 10.0. The second-order valence-corrected chi connectivity index (χ2v) is 6.91. The summed E-state index contributed by atoms with van der Waals surface area (Å²) in [6.07, 6.45) is 2.43. The van der Waals surface area contributed by atoms with Gasteiger partial charge in [0.05, 0.1) is 11.8 Å². The minimum Gasteiger partial charge on any atom is -0.491 e. The summed E-state index contributed by atoms with van der Waals surface area (Å²) in [7, 11) is 0. The van der Waals surface area contributed by atoms with E-state index in [9.17, 15) is 0 Å². The minimum absolute atomic E-state index is 0.221. The summed E-state index contributed by atoms with van der Waals surface area (Å²) in [5, 5.41) is 3.42. The van der Waals surface area contributed by atoms with Gasteiger partial charge in [-0.1, -0.05) is 44.2 Å². The number of hydrogen-bond acceptors (Lipinski definition) is 4. The van der Waals surface area contributed by atoms with Crippen molar-refractivity contribution in [2.45, 2.75) is 38.7 Å². The molecule has 0 aromatic heterocycles. The first-order chi connectivity index (χ1) is 12.7. The molecule has 2 aromatic carbocycles. The Labute approximate surface area is 156 Å². The fraction of sp³-hybridized carbons (Fsp3) is 0.455. The molecule has 0 radical (unpaired) electrons. The molecule has 0 spiro atoms. The Bertz CT molecular complexity index is 681. The highest BCUT2D eigenvalue weighted by molar-refractivity contribution is 5.56. The van der Waals surface area contributed by atoms with E-state index in [0.29, 0.717) is 25.7 Å². The predicted octanol–water partition coefficient (Wildman–Crippen LogP) is 4.86. The van der Waals surface area contributed by atoms with Crippen LogP contribution in [-0.4, -0.2) is 32.5 Å². The van der Waals surface area contributed by atoms with Gasteiger partial charge in [-0.15, -0.1) is 0 Å². The summed E-state index contributed by atoms with van der Waals surface area (Å²) >= 11 is 0. The molecule has 1 fully saturated rings. The molecule has 1 unspecified atom stereocenters. The molecular weight excluding hydrogens is 326 g/mol. The average Bonchev–Trinajstić information content (AvgIpc) is 3.18. The number of ether oxygens (including phenoxy) is 3. The third kappa shape index (κ3) is 5.15. The summed E-state index contributed by atoms with van der Waals surface area (Å²) in [4.78, 5) is 0. The lowest BCUT2D eigenvalue weighted by Crippen LogP contribution is -2.17. The molecule has 3 rings (SSSR count). The van der Waals surface area contributed by atoms with Gasteiger partial charge in [0.25, 0.3) is 0 Å². The standard InChI is InChI=1S/C22H29NO3/c1-17(2)19-9-3-5-11-21(19)25-15-13-23-20-10-4-6-12-22(20)26-16-18-8-7-14-24-18/h3-6,9-12,17-18,23H,7-8,13-16H2,1-2H3. The summed E-state index contributed by atoms with van der Waals surface area (Å²) in [6, 6.07) is 16.3. The second-order valence-electron chi connectivity index (χ2n) is 6.91.